The predicted molar refractivity (Wildman–Crippen MR) is 125 cm³/mol. The summed E-state index contributed by atoms with van der Waals surface area (Å²) >= 11 is 5.93. The van der Waals surface area contributed by atoms with E-state index in [1.54, 1.807) is 60.4 Å². The lowest BCUT2D eigenvalue weighted by molar-refractivity contribution is -0.117. The highest BCUT2D eigenvalue weighted by atomic mass is 35.5. The molecular formula is C22H26ClN3O5S. The van der Waals surface area contributed by atoms with Crippen molar-refractivity contribution in [2.45, 2.75) is 19.4 Å². The highest BCUT2D eigenvalue weighted by molar-refractivity contribution is 7.92. The zero-order valence-corrected chi connectivity index (χ0v) is 19.5. The molecule has 2 aromatic rings. The van der Waals surface area contributed by atoms with Crippen LogP contribution in [0.15, 0.2) is 48.5 Å². The molecule has 8 nitrogen and oxygen atoms in total. The smallest absolute Gasteiger partial charge is 0.256 e. The van der Waals surface area contributed by atoms with Crippen LogP contribution in [0.1, 0.15) is 23.7 Å². The highest BCUT2D eigenvalue weighted by Gasteiger charge is 2.32. The molecule has 0 aromatic heterocycles. The van der Waals surface area contributed by atoms with Crippen molar-refractivity contribution in [1.29, 1.82) is 0 Å². The summed E-state index contributed by atoms with van der Waals surface area (Å²) in [4.78, 5) is 27.9. The molecule has 32 heavy (non-hydrogen) atoms. The minimum absolute atomic E-state index is 0.213. The van der Waals surface area contributed by atoms with Gasteiger partial charge >= 0.3 is 0 Å². The summed E-state index contributed by atoms with van der Waals surface area (Å²) in [6, 6.07) is 11.9. The Hall–Kier alpha value is -2.62. The first-order chi connectivity index (χ1) is 15.2. The molecule has 172 valence electrons. The van der Waals surface area contributed by atoms with Gasteiger partial charge in [-0.25, -0.2) is 8.42 Å². The molecule has 2 amide bonds. The minimum Gasteiger partial charge on any atom is -0.378 e. The Balaban J connectivity index is 1.89. The van der Waals surface area contributed by atoms with Gasteiger partial charge in [0, 0.05) is 18.1 Å². The van der Waals surface area contributed by atoms with Gasteiger partial charge in [0.2, 0.25) is 15.9 Å². The summed E-state index contributed by atoms with van der Waals surface area (Å²) in [5.74, 6) is -0.745. The molecule has 0 unspecified atom stereocenters. The summed E-state index contributed by atoms with van der Waals surface area (Å²) in [6.07, 6.45) is 1.27. The van der Waals surface area contributed by atoms with Crippen molar-refractivity contribution in [3.8, 4) is 0 Å². The van der Waals surface area contributed by atoms with Gasteiger partial charge < -0.3 is 15.0 Å². The number of hydrogen-bond acceptors (Lipinski definition) is 5. The van der Waals surface area contributed by atoms with Crippen LogP contribution in [0.2, 0.25) is 5.02 Å². The van der Waals surface area contributed by atoms with E-state index in [1.165, 1.54) is 0 Å². The number of halogens is 1. The average Bonchev–Trinajstić information content (AvgIpc) is 2.78. The van der Waals surface area contributed by atoms with Crippen LogP contribution in [-0.2, 0) is 19.6 Å². The lowest BCUT2D eigenvalue weighted by Crippen LogP contribution is -2.47. The first-order valence-electron chi connectivity index (χ1n) is 10.2. The van der Waals surface area contributed by atoms with Gasteiger partial charge in [-0.3, -0.25) is 13.9 Å². The lowest BCUT2D eigenvalue weighted by Gasteiger charge is -2.31. The van der Waals surface area contributed by atoms with Crippen molar-refractivity contribution in [3.05, 3.63) is 59.1 Å². The van der Waals surface area contributed by atoms with Gasteiger partial charge in [-0.2, -0.15) is 0 Å². The van der Waals surface area contributed by atoms with E-state index in [1.807, 2.05) is 0 Å². The van der Waals surface area contributed by atoms with Crippen molar-refractivity contribution in [2.75, 3.05) is 42.2 Å². The van der Waals surface area contributed by atoms with E-state index >= 15 is 0 Å². The predicted octanol–water partition coefficient (Wildman–Crippen LogP) is 3.00. The second kappa shape index (κ2) is 10.3. The number of para-hydroxylation sites is 1. The Bertz CT molecular complexity index is 1070. The van der Waals surface area contributed by atoms with Crippen LogP contribution in [0.25, 0.3) is 0 Å². The number of rotatable bonds is 7. The Morgan fingerprint density at radius 3 is 2.34 bits per heavy atom. The lowest BCUT2D eigenvalue weighted by atomic mass is 10.1. The number of benzene rings is 2. The third-order valence-electron chi connectivity index (χ3n) is 5.12. The molecule has 2 aromatic carbocycles. The van der Waals surface area contributed by atoms with Crippen molar-refractivity contribution in [1.82, 2.24) is 4.90 Å². The molecule has 1 aliphatic heterocycles. The summed E-state index contributed by atoms with van der Waals surface area (Å²) < 4.78 is 31.6. The SMILES string of the molecule is CC[C@H](C(=O)Nc1ccccc1C(=O)N1CCOCC1)N(c1ccc(Cl)cc1)S(C)(=O)=O. The number of nitrogens with zero attached hydrogens (tertiary/aromatic N) is 2. The number of sulfonamides is 1. The second-order valence-corrected chi connectivity index (χ2v) is 9.69. The van der Waals surface area contributed by atoms with Crippen molar-refractivity contribution in [2.24, 2.45) is 0 Å². The van der Waals surface area contributed by atoms with E-state index in [-0.39, 0.29) is 12.3 Å². The quantitative estimate of drug-likeness (QED) is 0.658. The number of nitrogens with one attached hydrogen (secondary N) is 1. The van der Waals surface area contributed by atoms with E-state index in [9.17, 15) is 18.0 Å². The molecule has 0 bridgehead atoms. The van der Waals surface area contributed by atoms with Crippen LogP contribution in [0, 0.1) is 0 Å². The molecule has 3 rings (SSSR count). The number of ether oxygens (including phenoxy) is 1. The largest absolute Gasteiger partial charge is 0.378 e. The third kappa shape index (κ3) is 5.59. The number of anilines is 2. The van der Waals surface area contributed by atoms with Crippen LogP contribution in [-0.4, -0.2) is 63.7 Å². The Kier molecular flexibility index (Phi) is 7.76. The molecule has 1 fully saturated rings. The molecule has 1 N–H and O–H groups in total. The second-order valence-electron chi connectivity index (χ2n) is 7.40. The number of carbonyl (C=O) groups is 2. The van der Waals surface area contributed by atoms with Crippen molar-refractivity contribution in [3.63, 3.8) is 0 Å². The maximum Gasteiger partial charge on any atom is 0.256 e. The molecule has 0 saturated carbocycles. The van der Waals surface area contributed by atoms with E-state index in [0.29, 0.717) is 48.3 Å². The van der Waals surface area contributed by atoms with Gasteiger partial charge in [0.15, 0.2) is 0 Å². The first-order valence-corrected chi connectivity index (χ1v) is 12.5. The number of carbonyl (C=O) groups excluding carboxylic acids is 2. The van der Waals surface area contributed by atoms with Crippen LogP contribution in [0.5, 0.6) is 0 Å². The Morgan fingerprint density at radius 2 is 1.75 bits per heavy atom. The number of amides is 2. The van der Waals surface area contributed by atoms with Crippen LogP contribution >= 0.6 is 11.6 Å². The van der Waals surface area contributed by atoms with Crippen molar-refractivity contribution < 1.29 is 22.7 Å². The van der Waals surface area contributed by atoms with Crippen LogP contribution in [0.3, 0.4) is 0 Å². The highest BCUT2D eigenvalue weighted by Crippen LogP contribution is 2.26. The topological polar surface area (TPSA) is 96.0 Å². The minimum atomic E-state index is -3.78. The molecule has 1 atom stereocenters. The van der Waals surface area contributed by atoms with Gasteiger partial charge in [0.1, 0.15) is 6.04 Å². The number of morpholine rings is 1. The zero-order chi connectivity index (χ0) is 23.3. The maximum atomic E-state index is 13.2. The Morgan fingerprint density at radius 1 is 1.12 bits per heavy atom. The van der Waals surface area contributed by atoms with Crippen LogP contribution < -0.4 is 9.62 Å². The fraction of sp³-hybridized carbons (Fsp3) is 0.364. The Labute approximate surface area is 193 Å². The molecule has 0 spiro atoms. The summed E-state index contributed by atoms with van der Waals surface area (Å²) in [5, 5.41) is 3.22. The van der Waals surface area contributed by atoms with E-state index in [2.05, 4.69) is 5.32 Å². The summed E-state index contributed by atoms with van der Waals surface area (Å²) in [5.41, 5.74) is 1.00. The summed E-state index contributed by atoms with van der Waals surface area (Å²) in [7, 11) is -3.78. The fourth-order valence-corrected chi connectivity index (χ4v) is 4.92. The molecule has 1 aliphatic rings. The van der Waals surface area contributed by atoms with E-state index in [4.69, 9.17) is 16.3 Å². The fourth-order valence-electron chi connectivity index (χ4n) is 3.58. The van der Waals surface area contributed by atoms with Gasteiger partial charge in [0.05, 0.1) is 36.4 Å². The van der Waals surface area contributed by atoms with E-state index < -0.39 is 22.0 Å². The van der Waals surface area contributed by atoms with Gasteiger partial charge in [-0.05, 0) is 42.8 Å². The average molecular weight is 480 g/mol. The molecular weight excluding hydrogens is 454 g/mol. The summed E-state index contributed by atoms with van der Waals surface area (Å²) in [6.45, 7) is 3.59. The molecule has 0 aliphatic carbocycles. The van der Waals surface area contributed by atoms with E-state index in [0.717, 1.165) is 10.6 Å². The van der Waals surface area contributed by atoms with Gasteiger partial charge in [0.25, 0.3) is 5.91 Å². The monoisotopic (exact) mass is 479 g/mol. The normalized spacial score (nSPS) is 15.2. The molecule has 10 heteroatoms. The van der Waals surface area contributed by atoms with Crippen molar-refractivity contribution >= 4 is 44.8 Å². The standard InChI is InChI=1S/C22H26ClN3O5S/c1-3-20(26(32(2,29)30)17-10-8-16(23)9-11-17)21(27)24-19-7-5-4-6-18(19)22(28)25-12-14-31-15-13-25/h4-11,20H,3,12-15H2,1-2H3,(H,24,27)/t20-/m1/s1. The maximum absolute atomic E-state index is 13.2. The third-order valence-corrected chi connectivity index (χ3v) is 6.56. The molecule has 1 heterocycles. The zero-order valence-electron chi connectivity index (χ0n) is 18.0. The van der Waals surface area contributed by atoms with Gasteiger partial charge in [-0.1, -0.05) is 30.7 Å². The number of hydrogen-bond donors (Lipinski definition) is 1. The first kappa shape index (κ1) is 24.0. The van der Waals surface area contributed by atoms with Crippen LogP contribution in [0.4, 0.5) is 11.4 Å². The van der Waals surface area contributed by atoms with Gasteiger partial charge in [-0.15, -0.1) is 0 Å². The molecule has 1 saturated heterocycles. The molecule has 0 radical (unpaired) electrons.